The van der Waals surface area contributed by atoms with Gasteiger partial charge >= 0.3 is 0 Å². The summed E-state index contributed by atoms with van der Waals surface area (Å²) >= 11 is 0. The lowest BCUT2D eigenvalue weighted by Crippen LogP contribution is -2.28. The second-order valence-electron chi connectivity index (χ2n) is 8.57. The van der Waals surface area contributed by atoms with Gasteiger partial charge in [-0.15, -0.1) is 0 Å². The third kappa shape index (κ3) is 5.39. The maximum Gasteiger partial charge on any atom is 0.272 e. The van der Waals surface area contributed by atoms with Crippen LogP contribution in [0.2, 0.25) is 0 Å². The van der Waals surface area contributed by atoms with E-state index in [1.165, 1.54) is 0 Å². The molecule has 0 atom stereocenters. The summed E-state index contributed by atoms with van der Waals surface area (Å²) in [6, 6.07) is 13.0. The highest BCUT2D eigenvalue weighted by Crippen LogP contribution is 2.28. The topological polar surface area (TPSA) is 113 Å². The number of nitrogens with one attached hydrogen (secondary N) is 1. The van der Waals surface area contributed by atoms with Crippen molar-refractivity contribution < 1.29 is 14.3 Å². The van der Waals surface area contributed by atoms with Crippen molar-refractivity contribution in [3.63, 3.8) is 0 Å². The Labute approximate surface area is 203 Å². The van der Waals surface area contributed by atoms with Gasteiger partial charge in [0.15, 0.2) is 0 Å². The van der Waals surface area contributed by atoms with Crippen molar-refractivity contribution in [2.45, 2.75) is 31.8 Å². The maximum absolute atomic E-state index is 12.5. The number of aromatic nitrogens is 3. The number of hydrogen-bond donors (Lipinski definition) is 1. The highest BCUT2D eigenvalue weighted by molar-refractivity contribution is 5.92. The van der Waals surface area contributed by atoms with Crippen molar-refractivity contribution in [2.75, 3.05) is 31.6 Å². The Morgan fingerprint density at radius 1 is 1.11 bits per heavy atom. The summed E-state index contributed by atoms with van der Waals surface area (Å²) in [6.45, 7) is 2.93. The second-order valence-corrected chi connectivity index (χ2v) is 8.57. The molecule has 0 aliphatic carbocycles. The first-order valence-corrected chi connectivity index (χ1v) is 11.8. The zero-order chi connectivity index (χ0) is 24.0. The van der Waals surface area contributed by atoms with E-state index >= 15 is 0 Å². The minimum absolute atomic E-state index is 0.0372. The summed E-state index contributed by atoms with van der Waals surface area (Å²) in [6.07, 6.45) is 7.03. The molecule has 2 aliphatic rings. The van der Waals surface area contributed by atoms with E-state index in [0.717, 1.165) is 44.3 Å². The zero-order valence-electron chi connectivity index (χ0n) is 19.3. The van der Waals surface area contributed by atoms with Crippen LogP contribution < -0.4 is 10.1 Å². The van der Waals surface area contributed by atoms with Crippen molar-refractivity contribution in [2.24, 2.45) is 0 Å². The third-order valence-corrected chi connectivity index (χ3v) is 6.15. The van der Waals surface area contributed by atoms with Crippen LogP contribution in [-0.4, -0.2) is 58.2 Å². The monoisotopic (exact) mass is 470 g/mol. The number of carbonyl (C=O) groups excluding carboxylic acids is 1. The molecule has 9 heteroatoms. The average Bonchev–Trinajstić information content (AvgIpc) is 3.45. The number of hydrogen-bond acceptors (Lipinski definition) is 8. The number of amides is 1. The molecule has 1 aromatic carbocycles. The molecule has 0 unspecified atom stereocenters. The van der Waals surface area contributed by atoms with Gasteiger partial charge in [0.25, 0.3) is 5.91 Å². The smallest absolute Gasteiger partial charge is 0.272 e. The minimum Gasteiger partial charge on any atom is -0.489 e. The number of rotatable bonds is 6. The van der Waals surface area contributed by atoms with Crippen LogP contribution >= 0.6 is 0 Å². The highest BCUT2D eigenvalue weighted by atomic mass is 16.5. The van der Waals surface area contributed by atoms with Crippen molar-refractivity contribution in [3.8, 4) is 23.1 Å². The molecule has 0 saturated carbocycles. The summed E-state index contributed by atoms with van der Waals surface area (Å²) in [5.41, 5.74) is 3.03. The Hall–Kier alpha value is -4.03. The first-order chi connectivity index (χ1) is 17.2. The van der Waals surface area contributed by atoms with Crippen molar-refractivity contribution in [3.05, 3.63) is 60.0 Å². The molecule has 2 aromatic heterocycles. The van der Waals surface area contributed by atoms with Crippen LogP contribution in [0.15, 0.2) is 48.8 Å². The summed E-state index contributed by atoms with van der Waals surface area (Å²) in [5.74, 6) is 0.930. The molecule has 1 N–H and O–H groups in total. The molecule has 178 valence electrons. The lowest BCUT2D eigenvalue weighted by Gasteiger charge is -2.23. The van der Waals surface area contributed by atoms with Gasteiger partial charge in [-0.1, -0.05) is 0 Å². The normalized spacial score (nSPS) is 16.0. The van der Waals surface area contributed by atoms with E-state index in [1.807, 2.05) is 17.0 Å². The molecule has 5 rings (SSSR count). The number of nitrogens with zero attached hydrogens (tertiary/aromatic N) is 5. The van der Waals surface area contributed by atoms with Gasteiger partial charge in [0, 0.05) is 37.7 Å². The number of nitriles is 1. The Kier molecular flexibility index (Phi) is 6.82. The summed E-state index contributed by atoms with van der Waals surface area (Å²) < 4.78 is 11.4. The van der Waals surface area contributed by atoms with Crippen LogP contribution in [-0.2, 0) is 4.74 Å². The van der Waals surface area contributed by atoms with Gasteiger partial charge in [-0.2, -0.15) is 5.26 Å². The van der Waals surface area contributed by atoms with Gasteiger partial charge in [-0.3, -0.25) is 4.79 Å². The first-order valence-electron chi connectivity index (χ1n) is 11.8. The minimum atomic E-state index is -0.0372. The maximum atomic E-state index is 12.5. The average molecular weight is 471 g/mol. The Balaban J connectivity index is 1.29. The van der Waals surface area contributed by atoms with Crippen LogP contribution in [0.3, 0.4) is 0 Å². The third-order valence-electron chi connectivity index (χ3n) is 6.15. The summed E-state index contributed by atoms with van der Waals surface area (Å²) in [7, 11) is 0. The van der Waals surface area contributed by atoms with Gasteiger partial charge in [0.05, 0.1) is 36.4 Å². The fraction of sp³-hybridized carbons (Fsp3) is 0.346. The lowest BCUT2D eigenvalue weighted by molar-refractivity contribution is 0.0254. The molecule has 0 bridgehead atoms. The second kappa shape index (κ2) is 10.5. The number of ether oxygens (including phenoxy) is 2. The molecule has 2 aliphatic heterocycles. The van der Waals surface area contributed by atoms with Crippen LogP contribution in [0.5, 0.6) is 5.75 Å². The van der Waals surface area contributed by atoms with E-state index in [-0.39, 0.29) is 12.0 Å². The van der Waals surface area contributed by atoms with E-state index in [4.69, 9.17) is 9.47 Å². The van der Waals surface area contributed by atoms with Crippen LogP contribution in [0.25, 0.3) is 11.3 Å². The predicted octanol–water partition coefficient (Wildman–Crippen LogP) is 3.95. The molecule has 9 nitrogen and oxygen atoms in total. The number of anilines is 2. The van der Waals surface area contributed by atoms with Crippen LogP contribution in [0, 0.1) is 11.3 Å². The molecule has 0 spiro atoms. The van der Waals surface area contributed by atoms with E-state index < -0.39 is 0 Å². The molecular weight excluding hydrogens is 444 g/mol. The molecule has 35 heavy (non-hydrogen) atoms. The van der Waals surface area contributed by atoms with Gasteiger partial charge in [-0.05, 0) is 49.2 Å². The SMILES string of the molecule is N#Cc1cc(-c2ccnc(Nc3ccc(C(=O)N4CCCC4)nc3)n2)ccc1OC1CCOCC1. The largest absolute Gasteiger partial charge is 0.489 e. The quantitative estimate of drug-likeness (QED) is 0.576. The van der Waals surface area contributed by atoms with E-state index in [2.05, 4.69) is 26.3 Å². The lowest BCUT2D eigenvalue weighted by atomic mass is 10.1. The molecule has 0 radical (unpaired) electrons. The number of benzene rings is 1. The van der Waals surface area contributed by atoms with Gasteiger partial charge in [0.1, 0.15) is 23.6 Å². The zero-order valence-corrected chi connectivity index (χ0v) is 19.3. The van der Waals surface area contributed by atoms with Gasteiger partial charge in [-0.25, -0.2) is 15.0 Å². The molecule has 3 aromatic rings. The number of pyridine rings is 1. The molecule has 2 fully saturated rings. The standard InChI is InChI=1S/C26H26N6O3/c27-16-19-15-18(3-6-24(19)35-21-8-13-34-14-9-21)22-7-10-28-26(31-22)30-20-4-5-23(29-17-20)25(33)32-11-1-2-12-32/h3-7,10,15,17,21H,1-2,8-9,11-14H2,(H,28,30,31). The highest BCUT2D eigenvalue weighted by Gasteiger charge is 2.20. The van der Waals surface area contributed by atoms with Crippen molar-refractivity contribution in [1.29, 1.82) is 5.26 Å². The molecule has 1 amide bonds. The van der Waals surface area contributed by atoms with Crippen LogP contribution in [0.1, 0.15) is 41.7 Å². The summed E-state index contributed by atoms with van der Waals surface area (Å²) in [4.78, 5) is 27.5. The number of carbonyl (C=O) groups is 1. The predicted molar refractivity (Wildman–Crippen MR) is 129 cm³/mol. The fourth-order valence-electron chi connectivity index (χ4n) is 4.24. The molecule has 2 saturated heterocycles. The fourth-order valence-corrected chi connectivity index (χ4v) is 4.24. The van der Waals surface area contributed by atoms with Crippen molar-refractivity contribution >= 4 is 17.5 Å². The van der Waals surface area contributed by atoms with E-state index in [9.17, 15) is 10.1 Å². The number of likely N-dealkylation sites (tertiary alicyclic amines) is 1. The summed E-state index contributed by atoms with van der Waals surface area (Å²) in [5, 5.41) is 12.8. The van der Waals surface area contributed by atoms with Crippen LogP contribution in [0.4, 0.5) is 11.6 Å². The van der Waals surface area contributed by atoms with Gasteiger partial charge < -0.3 is 19.7 Å². The Morgan fingerprint density at radius 3 is 2.69 bits per heavy atom. The first kappa shape index (κ1) is 22.7. The van der Waals surface area contributed by atoms with E-state index in [1.54, 1.807) is 36.7 Å². The van der Waals surface area contributed by atoms with Gasteiger partial charge in [0.2, 0.25) is 5.95 Å². The Morgan fingerprint density at radius 2 is 1.94 bits per heavy atom. The molecular formula is C26H26N6O3. The van der Waals surface area contributed by atoms with E-state index in [0.29, 0.717) is 47.6 Å². The Bertz CT molecular complexity index is 1230. The molecule has 4 heterocycles. The van der Waals surface area contributed by atoms with Crippen molar-refractivity contribution in [1.82, 2.24) is 19.9 Å².